The molecule has 1 atom stereocenters. The molecule has 0 bridgehead atoms. The highest BCUT2D eigenvalue weighted by molar-refractivity contribution is 5.71. The van der Waals surface area contributed by atoms with E-state index in [1.807, 2.05) is 0 Å². The Hall–Kier alpha value is -2.89. The topological polar surface area (TPSA) is 78.9 Å². The minimum atomic E-state index is -0.796. The molecule has 0 aliphatic carbocycles. The van der Waals surface area contributed by atoms with Crippen LogP contribution in [0.4, 0.5) is 0 Å². The van der Waals surface area contributed by atoms with Gasteiger partial charge in [0, 0.05) is 19.3 Å². The molecule has 72 heavy (non-hydrogen) atoms. The van der Waals surface area contributed by atoms with Gasteiger partial charge < -0.3 is 14.2 Å². The molecule has 0 N–H and O–H groups in total. The van der Waals surface area contributed by atoms with E-state index in [2.05, 4.69) is 81.5 Å². The Morgan fingerprint density at radius 3 is 0.875 bits per heavy atom. The number of unbranched alkanes of at least 4 members (excludes halogenated alkanes) is 36. The van der Waals surface area contributed by atoms with Gasteiger partial charge in [-0.1, -0.05) is 281 Å². The molecule has 0 aromatic heterocycles. The first kappa shape index (κ1) is 69.1. The molecule has 0 saturated carbocycles. The van der Waals surface area contributed by atoms with E-state index in [9.17, 15) is 14.4 Å². The van der Waals surface area contributed by atoms with Gasteiger partial charge >= 0.3 is 17.9 Å². The summed E-state index contributed by atoms with van der Waals surface area (Å²) in [5, 5.41) is 0. The van der Waals surface area contributed by atoms with Crippen LogP contribution in [0.5, 0.6) is 0 Å². The predicted molar refractivity (Wildman–Crippen MR) is 312 cm³/mol. The van der Waals surface area contributed by atoms with Crippen LogP contribution in [0.1, 0.15) is 323 Å². The second-order valence-electron chi connectivity index (χ2n) is 21.0. The maximum Gasteiger partial charge on any atom is 0.306 e. The molecular weight excluding hydrogens is 889 g/mol. The number of carbonyl (C=O) groups is 3. The molecule has 0 heterocycles. The zero-order valence-corrected chi connectivity index (χ0v) is 47.9. The summed E-state index contributed by atoms with van der Waals surface area (Å²) in [4.78, 5) is 38.3. The van der Waals surface area contributed by atoms with Crippen LogP contribution in [0.25, 0.3) is 0 Å². The van der Waals surface area contributed by atoms with E-state index >= 15 is 0 Å². The van der Waals surface area contributed by atoms with Crippen molar-refractivity contribution in [3.8, 4) is 0 Å². The van der Waals surface area contributed by atoms with Crippen LogP contribution >= 0.6 is 0 Å². The first-order chi connectivity index (χ1) is 35.5. The van der Waals surface area contributed by atoms with Crippen LogP contribution in [0.15, 0.2) is 60.8 Å². The Bertz CT molecular complexity index is 1290. The Labute approximate surface area is 447 Å². The molecule has 0 aromatic carbocycles. The van der Waals surface area contributed by atoms with Gasteiger partial charge in [0.05, 0.1) is 0 Å². The Kier molecular flexibility index (Phi) is 58.2. The lowest BCUT2D eigenvalue weighted by molar-refractivity contribution is -0.167. The van der Waals surface area contributed by atoms with Crippen molar-refractivity contribution < 1.29 is 28.6 Å². The van der Waals surface area contributed by atoms with Crippen molar-refractivity contribution >= 4 is 17.9 Å². The molecule has 0 amide bonds. The molecule has 0 rings (SSSR count). The van der Waals surface area contributed by atoms with Crippen LogP contribution in [0.3, 0.4) is 0 Å². The molecule has 0 unspecified atom stereocenters. The number of esters is 3. The van der Waals surface area contributed by atoms with Gasteiger partial charge in [-0.25, -0.2) is 0 Å². The van der Waals surface area contributed by atoms with Gasteiger partial charge in [0.25, 0.3) is 0 Å². The molecular formula is C66H118O6. The lowest BCUT2D eigenvalue weighted by Crippen LogP contribution is -2.30. The van der Waals surface area contributed by atoms with E-state index in [-0.39, 0.29) is 37.5 Å². The van der Waals surface area contributed by atoms with E-state index in [0.717, 1.165) is 64.2 Å². The summed E-state index contributed by atoms with van der Waals surface area (Å²) < 4.78 is 16.9. The SMILES string of the molecule is CCCCC/C=C/C/C=C/C/C=C/C/C=C/CCCC(=O)OC[C@H](COC(=O)CCCCCCCCCCC/C=C/CCCCCCCC)OC(=O)CCCCCCCCCCCCCCCCCCCC. The minimum absolute atomic E-state index is 0.0892. The largest absolute Gasteiger partial charge is 0.462 e. The number of carbonyl (C=O) groups excluding carboxylic acids is 3. The summed E-state index contributed by atoms with van der Waals surface area (Å²) in [6.45, 7) is 6.61. The third-order valence-corrected chi connectivity index (χ3v) is 13.7. The van der Waals surface area contributed by atoms with Gasteiger partial charge in [-0.15, -0.1) is 0 Å². The lowest BCUT2D eigenvalue weighted by atomic mass is 10.0. The van der Waals surface area contributed by atoms with Crippen molar-refractivity contribution in [3.05, 3.63) is 60.8 Å². The molecule has 418 valence electrons. The third kappa shape index (κ3) is 58.0. The van der Waals surface area contributed by atoms with Crippen molar-refractivity contribution in [2.24, 2.45) is 0 Å². The Balaban J connectivity index is 4.42. The van der Waals surface area contributed by atoms with E-state index in [1.165, 1.54) is 212 Å². The molecule has 0 radical (unpaired) electrons. The molecule has 0 saturated heterocycles. The number of allylic oxidation sites excluding steroid dienone is 10. The van der Waals surface area contributed by atoms with E-state index in [0.29, 0.717) is 19.3 Å². The highest BCUT2D eigenvalue weighted by Gasteiger charge is 2.19. The van der Waals surface area contributed by atoms with Crippen LogP contribution in [-0.2, 0) is 28.6 Å². The molecule has 0 aliphatic heterocycles. The summed E-state index contributed by atoms with van der Waals surface area (Å²) in [5.41, 5.74) is 0. The van der Waals surface area contributed by atoms with E-state index in [4.69, 9.17) is 14.2 Å². The summed E-state index contributed by atoms with van der Waals surface area (Å²) in [7, 11) is 0. The van der Waals surface area contributed by atoms with Gasteiger partial charge in [-0.3, -0.25) is 14.4 Å². The highest BCUT2D eigenvalue weighted by Crippen LogP contribution is 2.17. The van der Waals surface area contributed by atoms with Gasteiger partial charge in [-0.05, 0) is 83.5 Å². The molecule has 6 nitrogen and oxygen atoms in total. The van der Waals surface area contributed by atoms with Crippen molar-refractivity contribution in [1.29, 1.82) is 0 Å². The Morgan fingerprint density at radius 1 is 0.278 bits per heavy atom. The predicted octanol–water partition coefficient (Wildman–Crippen LogP) is 21.2. The van der Waals surface area contributed by atoms with E-state index in [1.54, 1.807) is 0 Å². The summed E-state index contributed by atoms with van der Waals surface area (Å²) in [6.07, 6.45) is 76.5. The van der Waals surface area contributed by atoms with Crippen LogP contribution in [-0.4, -0.2) is 37.2 Å². The average Bonchev–Trinajstić information content (AvgIpc) is 3.38. The molecule has 0 aliphatic rings. The van der Waals surface area contributed by atoms with Crippen molar-refractivity contribution in [2.45, 2.75) is 329 Å². The highest BCUT2D eigenvalue weighted by atomic mass is 16.6. The molecule has 0 aromatic rings. The smallest absolute Gasteiger partial charge is 0.306 e. The zero-order valence-electron chi connectivity index (χ0n) is 47.9. The normalized spacial score (nSPS) is 12.4. The zero-order chi connectivity index (χ0) is 52.2. The quantitative estimate of drug-likeness (QED) is 0.0261. The first-order valence-electron chi connectivity index (χ1n) is 31.3. The van der Waals surface area contributed by atoms with Gasteiger partial charge in [0.2, 0.25) is 0 Å². The minimum Gasteiger partial charge on any atom is -0.462 e. The lowest BCUT2D eigenvalue weighted by Gasteiger charge is -2.18. The first-order valence-corrected chi connectivity index (χ1v) is 31.3. The number of ether oxygens (including phenoxy) is 3. The van der Waals surface area contributed by atoms with Crippen LogP contribution < -0.4 is 0 Å². The van der Waals surface area contributed by atoms with Crippen LogP contribution in [0.2, 0.25) is 0 Å². The Morgan fingerprint density at radius 2 is 0.514 bits per heavy atom. The third-order valence-electron chi connectivity index (χ3n) is 13.7. The maximum atomic E-state index is 12.9. The van der Waals surface area contributed by atoms with Gasteiger partial charge in [0.1, 0.15) is 13.2 Å². The van der Waals surface area contributed by atoms with Crippen LogP contribution in [0, 0.1) is 0 Å². The molecule has 0 spiro atoms. The molecule has 6 heteroatoms. The number of rotatable bonds is 57. The maximum absolute atomic E-state index is 12.9. The summed E-state index contributed by atoms with van der Waals surface area (Å²) in [5.74, 6) is -0.932. The fraction of sp³-hybridized carbons (Fsp3) is 0.803. The van der Waals surface area contributed by atoms with Gasteiger partial charge in [-0.2, -0.15) is 0 Å². The van der Waals surface area contributed by atoms with Crippen molar-refractivity contribution in [2.75, 3.05) is 13.2 Å². The summed E-state index contributed by atoms with van der Waals surface area (Å²) in [6, 6.07) is 0. The molecule has 0 fully saturated rings. The van der Waals surface area contributed by atoms with E-state index < -0.39 is 6.10 Å². The average molecular weight is 1010 g/mol. The fourth-order valence-corrected chi connectivity index (χ4v) is 9.02. The second kappa shape index (κ2) is 60.7. The summed E-state index contributed by atoms with van der Waals surface area (Å²) >= 11 is 0. The van der Waals surface area contributed by atoms with Crippen molar-refractivity contribution in [3.63, 3.8) is 0 Å². The second-order valence-corrected chi connectivity index (χ2v) is 21.0. The standard InChI is InChI=1S/C66H118O6/c1-4-7-10-13-16-19-22-25-28-31-33-36-38-41-44-47-50-53-56-59-65(68)71-62-63(61-70-64(67)58-55-52-49-46-43-40-37-34-30-27-24-21-18-15-12-9-6-3)72-66(69)60-57-54-51-48-45-42-39-35-32-29-26-23-20-17-14-11-8-5-2/h18,21,25,27-28,30,37,40,46,49,63H,4-17,19-20,22-24,26,29,31-36,38-39,41-45,47-48,50-62H2,1-3H3/b21-18+,28-25+,30-27+,40-37+,49-46+/t63-/m1/s1. The fourth-order valence-electron chi connectivity index (χ4n) is 9.02. The number of hydrogen-bond acceptors (Lipinski definition) is 6. The van der Waals surface area contributed by atoms with Gasteiger partial charge in [0.15, 0.2) is 6.10 Å². The van der Waals surface area contributed by atoms with Crippen molar-refractivity contribution in [1.82, 2.24) is 0 Å². The number of hydrogen-bond donors (Lipinski definition) is 0. The monoisotopic (exact) mass is 1010 g/mol.